The number of carboxylic acids is 1. The highest BCUT2D eigenvalue weighted by molar-refractivity contribution is 6.32. The number of H-pyrrole nitrogens is 2. The number of carbonyl (C=O) groups is 2. The molecule has 2 heterocycles. The van der Waals surface area contributed by atoms with Crippen molar-refractivity contribution in [3.05, 3.63) is 116 Å². The predicted octanol–water partition coefficient (Wildman–Crippen LogP) is 5.73. The van der Waals surface area contributed by atoms with Crippen LogP contribution in [0.15, 0.2) is 83.7 Å². The summed E-state index contributed by atoms with van der Waals surface area (Å²) in [7, 11) is 0. The summed E-state index contributed by atoms with van der Waals surface area (Å²) in [6.07, 6.45) is -0.00797. The Morgan fingerprint density at radius 1 is 0.905 bits per heavy atom. The van der Waals surface area contributed by atoms with Crippen molar-refractivity contribution in [1.29, 1.82) is 0 Å². The van der Waals surface area contributed by atoms with Gasteiger partial charge >= 0.3 is 12.0 Å². The van der Waals surface area contributed by atoms with E-state index in [1.54, 1.807) is 42.5 Å². The van der Waals surface area contributed by atoms with Gasteiger partial charge in [-0.1, -0.05) is 71.7 Å². The number of aromatic hydroxyl groups is 1. The first-order valence-electron chi connectivity index (χ1n) is 12.9. The van der Waals surface area contributed by atoms with Crippen LogP contribution in [0.25, 0.3) is 22.2 Å². The minimum atomic E-state index is -1.09. The number of urea groups is 1. The normalized spacial score (nSPS) is 12.5. The zero-order valence-corrected chi connectivity index (χ0v) is 23.4. The third kappa shape index (κ3) is 6.73. The molecule has 5 aromatic rings. The first-order chi connectivity index (χ1) is 20.2. The van der Waals surface area contributed by atoms with E-state index in [-0.39, 0.29) is 17.3 Å². The van der Waals surface area contributed by atoms with Crippen LogP contribution in [-0.4, -0.2) is 37.2 Å². The molecular weight excluding hydrogens is 581 g/mol. The molecule has 42 heavy (non-hydrogen) atoms. The van der Waals surface area contributed by atoms with Gasteiger partial charge in [-0.3, -0.25) is 9.59 Å². The van der Waals surface area contributed by atoms with Gasteiger partial charge in [0.1, 0.15) is 22.4 Å². The molecule has 0 saturated carbocycles. The summed E-state index contributed by atoms with van der Waals surface area (Å²) >= 11 is 12.7. The highest BCUT2D eigenvalue weighted by Gasteiger charge is 2.24. The number of carbonyl (C=O) groups excluding carboxylic acids is 1. The second kappa shape index (κ2) is 12.4. The number of nitrogens with one attached hydrogen (secondary N) is 4. The van der Waals surface area contributed by atoms with Gasteiger partial charge in [0.2, 0.25) is 0 Å². The second-order valence-corrected chi connectivity index (χ2v) is 10.4. The van der Waals surface area contributed by atoms with E-state index in [1.807, 2.05) is 30.3 Å². The molecular formula is C30H25Cl2N5O5. The third-order valence-electron chi connectivity index (χ3n) is 6.63. The zero-order valence-electron chi connectivity index (χ0n) is 21.9. The molecule has 6 N–H and O–H groups in total. The number of hydrogen-bond acceptors (Lipinski definition) is 5. The number of benzene rings is 3. The Labute approximate surface area is 249 Å². The van der Waals surface area contributed by atoms with E-state index in [0.717, 1.165) is 11.6 Å². The number of hydrogen-bond donors (Lipinski definition) is 6. The van der Waals surface area contributed by atoms with Crippen LogP contribution in [0.3, 0.4) is 0 Å². The zero-order chi connectivity index (χ0) is 29.8. The number of nitrogens with zero attached hydrogens (tertiary/aromatic N) is 1. The lowest BCUT2D eigenvalue weighted by Gasteiger charge is -2.22. The average Bonchev–Trinajstić information content (AvgIpc) is 3.34. The number of rotatable bonds is 9. The minimum Gasteiger partial charge on any atom is -0.507 e. The Balaban J connectivity index is 1.45. The molecule has 2 unspecified atom stereocenters. The Kier molecular flexibility index (Phi) is 8.46. The summed E-state index contributed by atoms with van der Waals surface area (Å²) in [6, 6.07) is 20.0. The number of fused-ring (bicyclic) bond motifs is 1. The molecule has 0 bridgehead atoms. The molecule has 214 valence electrons. The van der Waals surface area contributed by atoms with E-state index >= 15 is 0 Å². The molecule has 0 aliphatic rings. The number of aromatic nitrogens is 3. The fourth-order valence-corrected chi connectivity index (χ4v) is 5.13. The number of aliphatic carboxylic acids is 1. The van der Waals surface area contributed by atoms with E-state index in [2.05, 4.69) is 25.6 Å². The Bertz CT molecular complexity index is 1820. The predicted molar refractivity (Wildman–Crippen MR) is 160 cm³/mol. The molecule has 0 aliphatic carbocycles. The summed E-state index contributed by atoms with van der Waals surface area (Å²) in [5.74, 6) is -0.912. The van der Waals surface area contributed by atoms with Crippen LogP contribution in [0.1, 0.15) is 35.5 Å². The van der Waals surface area contributed by atoms with E-state index in [4.69, 9.17) is 23.2 Å². The van der Waals surface area contributed by atoms with Crippen LogP contribution in [0.5, 0.6) is 5.75 Å². The third-order valence-corrected chi connectivity index (χ3v) is 7.13. The molecule has 5 rings (SSSR count). The SMILES string of the molecule is O=C(O)CC(NC(=O)NC(Cc1ccccc1)c1nc(-c2ccc3[nH]c(=O)cc(O)c3c2)c(Cl)[nH]1)c1cccc(Cl)c1. The van der Waals surface area contributed by atoms with Crippen LogP contribution in [0, 0.1) is 0 Å². The van der Waals surface area contributed by atoms with E-state index in [1.165, 1.54) is 0 Å². The van der Waals surface area contributed by atoms with Crippen molar-refractivity contribution in [2.45, 2.75) is 24.9 Å². The molecule has 0 radical (unpaired) electrons. The van der Waals surface area contributed by atoms with Crippen LogP contribution >= 0.6 is 23.2 Å². The van der Waals surface area contributed by atoms with Gasteiger partial charge < -0.3 is 30.8 Å². The van der Waals surface area contributed by atoms with Crippen molar-refractivity contribution < 1.29 is 19.8 Å². The molecule has 12 heteroatoms. The first-order valence-corrected chi connectivity index (χ1v) is 13.6. The van der Waals surface area contributed by atoms with Crippen molar-refractivity contribution in [3.63, 3.8) is 0 Å². The lowest BCUT2D eigenvalue weighted by Crippen LogP contribution is -2.41. The van der Waals surface area contributed by atoms with Gasteiger partial charge in [0.15, 0.2) is 0 Å². The molecule has 0 saturated heterocycles. The Morgan fingerprint density at radius 2 is 1.67 bits per heavy atom. The summed E-state index contributed by atoms with van der Waals surface area (Å²) in [6.45, 7) is 0. The maximum Gasteiger partial charge on any atom is 0.315 e. The molecule has 2 amide bonds. The fourth-order valence-electron chi connectivity index (χ4n) is 4.68. The van der Waals surface area contributed by atoms with Crippen molar-refractivity contribution in [3.8, 4) is 17.0 Å². The van der Waals surface area contributed by atoms with Gasteiger partial charge in [-0.2, -0.15) is 0 Å². The molecule has 0 fully saturated rings. The summed E-state index contributed by atoms with van der Waals surface area (Å²) in [5, 5.41) is 26.4. The van der Waals surface area contributed by atoms with Crippen molar-refractivity contribution >= 4 is 46.1 Å². The number of imidazole rings is 1. The van der Waals surface area contributed by atoms with E-state index in [0.29, 0.717) is 45.0 Å². The average molecular weight is 606 g/mol. The van der Waals surface area contributed by atoms with Gasteiger partial charge in [0, 0.05) is 22.0 Å². The second-order valence-electron chi connectivity index (χ2n) is 9.63. The first kappa shape index (κ1) is 28.7. The molecule has 0 spiro atoms. The van der Waals surface area contributed by atoms with Gasteiger partial charge in [-0.05, 0) is 41.8 Å². The summed E-state index contributed by atoms with van der Waals surface area (Å²) in [5.41, 5.74) is 2.43. The number of halogens is 2. The standard InChI is InChI=1S/C30H25Cl2N5O5/c31-19-8-4-7-17(12-19)22(14-26(40)41)34-30(42)35-23(11-16-5-2-1-3-6-16)29-36-27(28(32)37-29)18-9-10-21-20(13-18)24(38)15-25(39)33-21/h1-10,12-13,15,22-23H,11,14H2,(H,36,37)(H,40,41)(H2,33,38,39)(H2,34,35,42). The maximum atomic E-state index is 13.3. The smallest absolute Gasteiger partial charge is 0.315 e. The number of pyridine rings is 1. The van der Waals surface area contributed by atoms with Gasteiger partial charge in [-0.25, -0.2) is 9.78 Å². The lowest BCUT2D eigenvalue weighted by molar-refractivity contribution is -0.137. The molecule has 10 nitrogen and oxygen atoms in total. The Morgan fingerprint density at radius 3 is 2.40 bits per heavy atom. The highest BCUT2D eigenvalue weighted by atomic mass is 35.5. The minimum absolute atomic E-state index is 0.182. The molecule has 3 aromatic carbocycles. The molecule has 2 atom stereocenters. The largest absolute Gasteiger partial charge is 0.507 e. The topological polar surface area (TPSA) is 160 Å². The summed E-state index contributed by atoms with van der Waals surface area (Å²) in [4.78, 5) is 46.9. The molecule has 0 aliphatic heterocycles. The number of aromatic amines is 2. The van der Waals surface area contributed by atoms with Gasteiger partial charge in [0.25, 0.3) is 5.56 Å². The number of amides is 2. The molecule has 2 aromatic heterocycles. The van der Waals surface area contributed by atoms with Crippen LogP contribution in [0.2, 0.25) is 10.2 Å². The van der Waals surface area contributed by atoms with Gasteiger partial charge in [-0.15, -0.1) is 0 Å². The Hall–Kier alpha value is -4.80. The van der Waals surface area contributed by atoms with E-state index in [9.17, 15) is 24.6 Å². The van der Waals surface area contributed by atoms with Crippen molar-refractivity contribution in [2.24, 2.45) is 0 Å². The van der Waals surface area contributed by atoms with Crippen LogP contribution in [0.4, 0.5) is 4.79 Å². The van der Waals surface area contributed by atoms with Crippen molar-refractivity contribution in [1.82, 2.24) is 25.6 Å². The fraction of sp³-hybridized carbons (Fsp3) is 0.133. The lowest BCUT2D eigenvalue weighted by atomic mass is 10.0. The van der Waals surface area contributed by atoms with Crippen LogP contribution in [-0.2, 0) is 11.2 Å². The van der Waals surface area contributed by atoms with Crippen LogP contribution < -0.4 is 16.2 Å². The highest BCUT2D eigenvalue weighted by Crippen LogP contribution is 2.32. The number of carboxylic acid groups (broad SMARTS) is 1. The quantitative estimate of drug-likeness (QED) is 0.126. The maximum absolute atomic E-state index is 13.3. The van der Waals surface area contributed by atoms with Crippen molar-refractivity contribution in [2.75, 3.05) is 0 Å². The monoisotopic (exact) mass is 605 g/mol. The van der Waals surface area contributed by atoms with Gasteiger partial charge in [0.05, 0.1) is 24.0 Å². The van der Waals surface area contributed by atoms with E-state index < -0.39 is 29.6 Å². The summed E-state index contributed by atoms with van der Waals surface area (Å²) < 4.78 is 0.